The summed E-state index contributed by atoms with van der Waals surface area (Å²) in [6.45, 7) is 4.88. The summed E-state index contributed by atoms with van der Waals surface area (Å²) in [5.74, 6) is -0.0795. The molecule has 0 aliphatic rings. The molecule has 0 spiro atoms. The summed E-state index contributed by atoms with van der Waals surface area (Å²) < 4.78 is 5.48. The maximum absolute atomic E-state index is 12.4. The average Bonchev–Trinajstić information content (AvgIpc) is 3.28. The van der Waals surface area contributed by atoms with Gasteiger partial charge in [0.15, 0.2) is 0 Å². The van der Waals surface area contributed by atoms with E-state index < -0.39 is 12.1 Å². The highest BCUT2D eigenvalue weighted by atomic mass is 16.5. The van der Waals surface area contributed by atoms with Gasteiger partial charge in [0.1, 0.15) is 0 Å². The highest BCUT2D eigenvalue weighted by Gasteiger charge is 2.18. The van der Waals surface area contributed by atoms with E-state index in [0.29, 0.717) is 19.4 Å². The molecule has 1 amide bonds. The second-order valence-electron chi connectivity index (χ2n) is 19.3. The molecular weight excluding hydrogens is 779 g/mol. The maximum Gasteiger partial charge on any atom is 0.305 e. The van der Waals surface area contributed by atoms with Crippen molar-refractivity contribution in [2.24, 2.45) is 0 Å². The van der Waals surface area contributed by atoms with Crippen LogP contribution in [-0.2, 0) is 14.3 Å². The highest BCUT2D eigenvalue weighted by Crippen LogP contribution is 2.16. The van der Waals surface area contributed by atoms with Crippen LogP contribution in [0.2, 0.25) is 0 Å². The molecule has 0 aliphatic carbocycles. The summed E-state index contributed by atoms with van der Waals surface area (Å²) in [7, 11) is 0. The first-order chi connectivity index (χ1) is 31.0. The Morgan fingerprint density at radius 3 is 1.13 bits per heavy atom. The molecule has 0 saturated carbocycles. The topological polar surface area (TPSA) is 95.9 Å². The van der Waals surface area contributed by atoms with Crippen LogP contribution in [0.15, 0.2) is 24.3 Å². The Bertz CT molecular complexity index is 982. The number of aliphatic hydroxyl groups excluding tert-OH is 2. The third-order valence-corrected chi connectivity index (χ3v) is 13.0. The quantitative estimate of drug-likeness (QED) is 0.0321. The number of amides is 1. The summed E-state index contributed by atoms with van der Waals surface area (Å²) in [4.78, 5) is 24.5. The number of carbonyl (C=O) groups excluding carboxylic acids is 2. The van der Waals surface area contributed by atoms with Crippen molar-refractivity contribution in [1.29, 1.82) is 0 Å². The second-order valence-corrected chi connectivity index (χ2v) is 19.3. The SMILES string of the molecule is CCCCCCCCCCC/C=C/C(O)C(CO)NC(=O)CCCCCCCCC/C=C\CCCCCCCCOC(=O)CCCCCCCCCCCCCCCCCCCC. The van der Waals surface area contributed by atoms with E-state index in [4.69, 9.17) is 4.74 Å². The van der Waals surface area contributed by atoms with Gasteiger partial charge in [0.05, 0.1) is 25.4 Å². The van der Waals surface area contributed by atoms with E-state index in [0.717, 1.165) is 57.8 Å². The third-order valence-electron chi connectivity index (χ3n) is 13.0. The molecule has 0 radical (unpaired) electrons. The first-order valence-electron chi connectivity index (χ1n) is 28.1. The van der Waals surface area contributed by atoms with Crippen LogP contribution in [0.1, 0.15) is 303 Å². The van der Waals surface area contributed by atoms with Gasteiger partial charge in [-0.1, -0.05) is 256 Å². The van der Waals surface area contributed by atoms with Crippen molar-refractivity contribution in [2.45, 2.75) is 315 Å². The molecular formula is C57H109NO5. The zero-order valence-corrected chi connectivity index (χ0v) is 42.3. The molecule has 3 N–H and O–H groups in total. The van der Waals surface area contributed by atoms with Crippen LogP contribution >= 0.6 is 0 Å². The van der Waals surface area contributed by atoms with Crippen molar-refractivity contribution < 1.29 is 24.5 Å². The van der Waals surface area contributed by atoms with Gasteiger partial charge in [-0.05, 0) is 57.8 Å². The summed E-state index contributed by atoms with van der Waals surface area (Å²) in [5.41, 5.74) is 0. The number of aliphatic hydroxyl groups is 2. The Morgan fingerprint density at radius 2 is 0.746 bits per heavy atom. The molecule has 2 unspecified atom stereocenters. The van der Waals surface area contributed by atoms with Gasteiger partial charge < -0.3 is 20.3 Å². The second kappa shape index (κ2) is 53.0. The first kappa shape index (κ1) is 61.3. The van der Waals surface area contributed by atoms with Crippen molar-refractivity contribution in [2.75, 3.05) is 13.2 Å². The number of allylic oxidation sites excluding steroid dienone is 3. The monoisotopic (exact) mass is 888 g/mol. The molecule has 0 bridgehead atoms. The van der Waals surface area contributed by atoms with Gasteiger partial charge in [-0.25, -0.2) is 0 Å². The van der Waals surface area contributed by atoms with E-state index in [2.05, 4.69) is 31.3 Å². The standard InChI is InChI=1S/C57H109NO5/c1-3-5-7-9-11-13-15-16-17-18-21-24-27-31-35-39-43-47-51-57(62)63-52-48-44-40-36-32-28-25-22-19-20-23-26-30-34-38-42-46-50-56(61)58-54(53-59)55(60)49-45-41-37-33-29-14-12-10-8-6-4-2/h19,22,45,49,54-55,59-60H,3-18,20-21,23-44,46-48,50-53H2,1-2H3,(H,58,61)/b22-19-,49-45+. The van der Waals surface area contributed by atoms with E-state index in [-0.39, 0.29) is 18.5 Å². The average molecular weight is 889 g/mol. The normalized spacial score (nSPS) is 12.8. The summed E-state index contributed by atoms with van der Waals surface area (Å²) in [5, 5.41) is 23.0. The molecule has 0 aromatic rings. The molecule has 0 heterocycles. The van der Waals surface area contributed by atoms with Crippen molar-refractivity contribution >= 4 is 11.9 Å². The summed E-state index contributed by atoms with van der Waals surface area (Å²) >= 11 is 0. The molecule has 6 nitrogen and oxygen atoms in total. The van der Waals surface area contributed by atoms with Crippen LogP contribution in [0.3, 0.4) is 0 Å². The molecule has 0 rings (SSSR count). The van der Waals surface area contributed by atoms with Crippen molar-refractivity contribution in [3.63, 3.8) is 0 Å². The van der Waals surface area contributed by atoms with Gasteiger partial charge in [0, 0.05) is 12.8 Å². The van der Waals surface area contributed by atoms with Gasteiger partial charge in [0.25, 0.3) is 0 Å². The maximum atomic E-state index is 12.4. The van der Waals surface area contributed by atoms with Crippen molar-refractivity contribution in [3.8, 4) is 0 Å². The lowest BCUT2D eigenvalue weighted by Gasteiger charge is -2.20. The Balaban J connectivity index is 3.43. The van der Waals surface area contributed by atoms with Crippen LogP contribution in [0.4, 0.5) is 0 Å². The number of hydrogen-bond acceptors (Lipinski definition) is 5. The molecule has 0 saturated heterocycles. The minimum absolute atomic E-state index is 0.00141. The van der Waals surface area contributed by atoms with Crippen molar-refractivity contribution in [1.82, 2.24) is 5.32 Å². The number of ether oxygens (including phenoxy) is 1. The highest BCUT2D eigenvalue weighted by molar-refractivity contribution is 5.76. The number of nitrogens with one attached hydrogen (secondary N) is 1. The van der Waals surface area contributed by atoms with Crippen LogP contribution in [0.25, 0.3) is 0 Å². The molecule has 63 heavy (non-hydrogen) atoms. The minimum atomic E-state index is -0.850. The molecule has 6 heteroatoms. The predicted octanol–water partition coefficient (Wildman–Crippen LogP) is 17.1. The third kappa shape index (κ3) is 49.6. The van der Waals surface area contributed by atoms with Gasteiger partial charge in [-0.3, -0.25) is 9.59 Å². The largest absolute Gasteiger partial charge is 0.466 e. The van der Waals surface area contributed by atoms with E-state index in [1.54, 1.807) is 6.08 Å². The van der Waals surface area contributed by atoms with E-state index >= 15 is 0 Å². The molecule has 0 aliphatic heterocycles. The van der Waals surface area contributed by atoms with E-state index in [9.17, 15) is 19.8 Å². The molecule has 0 aromatic heterocycles. The minimum Gasteiger partial charge on any atom is -0.466 e. The van der Waals surface area contributed by atoms with E-state index in [1.807, 2.05) is 6.08 Å². The van der Waals surface area contributed by atoms with Crippen LogP contribution < -0.4 is 5.32 Å². The fourth-order valence-electron chi connectivity index (χ4n) is 8.63. The Labute approximate surface area is 392 Å². The number of hydrogen-bond donors (Lipinski definition) is 3. The fraction of sp³-hybridized carbons (Fsp3) is 0.895. The number of rotatable bonds is 52. The first-order valence-corrected chi connectivity index (χ1v) is 28.1. The molecule has 0 aromatic carbocycles. The Morgan fingerprint density at radius 1 is 0.429 bits per heavy atom. The number of esters is 1. The Hall–Kier alpha value is -1.66. The van der Waals surface area contributed by atoms with Crippen LogP contribution in [-0.4, -0.2) is 47.4 Å². The lowest BCUT2D eigenvalue weighted by atomic mass is 10.0. The summed E-state index contributed by atoms with van der Waals surface area (Å²) in [6.07, 6.45) is 63.4. The van der Waals surface area contributed by atoms with Crippen LogP contribution in [0.5, 0.6) is 0 Å². The lowest BCUT2D eigenvalue weighted by Crippen LogP contribution is -2.45. The smallest absolute Gasteiger partial charge is 0.305 e. The molecule has 372 valence electrons. The fourth-order valence-corrected chi connectivity index (χ4v) is 8.63. The van der Waals surface area contributed by atoms with Gasteiger partial charge >= 0.3 is 5.97 Å². The summed E-state index contributed by atoms with van der Waals surface area (Å²) in [6, 6.07) is -0.635. The van der Waals surface area contributed by atoms with Gasteiger partial charge in [0.2, 0.25) is 5.91 Å². The zero-order valence-electron chi connectivity index (χ0n) is 42.3. The van der Waals surface area contributed by atoms with Crippen LogP contribution in [0, 0.1) is 0 Å². The van der Waals surface area contributed by atoms with Crippen molar-refractivity contribution in [3.05, 3.63) is 24.3 Å². The Kier molecular flexibility index (Phi) is 51.6. The number of carbonyl (C=O) groups is 2. The van der Waals surface area contributed by atoms with Gasteiger partial charge in [-0.15, -0.1) is 0 Å². The lowest BCUT2D eigenvalue weighted by molar-refractivity contribution is -0.143. The zero-order chi connectivity index (χ0) is 45.8. The molecule has 2 atom stereocenters. The molecule has 0 fully saturated rings. The van der Waals surface area contributed by atoms with Gasteiger partial charge in [-0.2, -0.15) is 0 Å². The number of unbranched alkanes of at least 4 members (excludes halogenated alkanes) is 39. The predicted molar refractivity (Wildman–Crippen MR) is 273 cm³/mol. The van der Waals surface area contributed by atoms with E-state index in [1.165, 1.54) is 218 Å².